The molecule has 0 bridgehead atoms. The molecule has 1 N–H and O–H groups in total. The molecule has 0 aromatic carbocycles. The Bertz CT molecular complexity index is 448. The fraction of sp³-hybridized carbons (Fsp3) is 0.300. The Morgan fingerprint density at radius 3 is 3.00 bits per heavy atom. The van der Waals surface area contributed by atoms with Crippen LogP contribution in [-0.4, -0.2) is 29.0 Å². The normalized spacial score (nSPS) is 11.4. The van der Waals surface area contributed by atoms with Crippen LogP contribution >= 0.6 is 11.6 Å². The highest BCUT2D eigenvalue weighted by Gasteiger charge is 2.08. The Morgan fingerprint density at radius 1 is 1.50 bits per heavy atom. The molecule has 0 fully saturated rings. The number of hydrogen-bond acceptors (Lipinski definition) is 2. The molecule has 2 aromatic rings. The van der Waals surface area contributed by atoms with E-state index >= 15 is 0 Å². The number of nitrogens with zero attached hydrogens (tertiary/aromatic N) is 2. The number of fused-ring (bicyclic) bond motifs is 1. The lowest BCUT2D eigenvalue weighted by molar-refractivity contribution is 0.404. The van der Waals surface area contributed by atoms with Crippen LogP contribution in [0.3, 0.4) is 0 Å². The van der Waals surface area contributed by atoms with Crippen molar-refractivity contribution < 1.29 is 0 Å². The summed E-state index contributed by atoms with van der Waals surface area (Å²) in [7, 11) is 4.06. The highest BCUT2D eigenvalue weighted by atomic mass is 35.5. The number of halogens is 1. The predicted molar refractivity (Wildman–Crippen MR) is 58.5 cm³/mol. The number of nitrogens with one attached hydrogen (secondary N) is 1. The van der Waals surface area contributed by atoms with Crippen LogP contribution in [-0.2, 0) is 6.54 Å². The number of aromatic nitrogens is 2. The first kappa shape index (κ1) is 9.49. The Balaban J connectivity index is 2.55. The molecule has 0 spiro atoms. The summed E-state index contributed by atoms with van der Waals surface area (Å²) in [6, 6.07) is 1.82. The SMILES string of the molecule is CN(C)Cc1c[nH]c2nccc(Cl)c12. The number of pyridine rings is 1. The molecule has 0 unspecified atom stereocenters. The van der Waals surface area contributed by atoms with Gasteiger partial charge in [0.15, 0.2) is 0 Å². The van der Waals surface area contributed by atoms with Crippen molar-refractivity contribution in [2.75, 3.05) is 14.1 Å². The summed E-state index contributed by atoms with van der Waals surface area (Å²) in [6.07, 6.45) is 3.67. The van der Waals surface area contributed by atoms with Crippen molar-refractivity contribution in [2.24, 2.45) is 0 Å². The number of hydrogen-bond donors (Lipinski definition) is 1. The number of H-pyrrole nitrogens is 1. The van der Waals surface area contributed by atoms with Crippen molar-refractivity contribution in [3.05, 3.63) is 29.0 Å². The van der Waals surface area contributed by atoms with Gasteiger partial charge in [-0.1, -0.05) is 11.6 Å². The third kappa shape index (κ3) is 1.61. The van der Waals surface area contributed by atoms with Crippen molar-refractivity contribution >= 4 is 22.6 Å². The molecule has 0 aliphatic rings. The van der Waals surface area contributed by atoms with E-state index in [0.29, 0.717) is 0 Å². The molecule has 2 heterocycles. The lowest BCUT2D eigenvalue weighted by Crippen LogP contribution is -2.10. The number of aromatic amines is 1. The topological polar surface area (TPSA) is 31.9 Å². The van der Waals surface area contributed by atoms with E-state index in [2.05, 4.69) is 14.9 Å². The van der Waals surface area contributed by atoms with Gasteiger partial charge in [0, 0.05) is 24.3 Å². The van der Waals surface area contributed by atoms with E-state index in [1.54, 1.807) is 6.20 Å². The lowest BCUT2D eigenvalue weighted by atomic mass is 10.2. The Morgan fingerprint density at radius 2 is 2.29 bits per heavy atom. The van der Waals surface area contributed by atoms with Gasteiger partial charge in [-0.25, -0.2) is 4.98 Å². The van der Waals surface area contributed by atoms with Crippen molar-refractivity contribution in [3.63, 3.8) is 0 Å². The van der Waals surface area contributed by atoms with Crippen LogP contribution in [0.4, 0.5) is 0 Å². The summed E-state index contributed by atoms with van der Waals surface area (Å²) < 4.78 is 0. The maximum atomic E-state index is 6.11. The largest absolute Gasteiger partial charge is 0.346 e. The minimum absolute atomic E-state index is 0.758. The van der Waals surface area contributed by atoms with E-state index in [1.807, 2.05) is 26.4 Å². The molecule has 0 atom stereocenters. The molecule has 3 nitrogen and oxygen atoms in total. The molecular weight excluding hydrogens is 198 g/mol. The first-order chi connectivity index (χ1) is 6.68. The van der Waals surface area contributed by atoms with Gasteiger partial charge in [0.25, 0.3) is 0 Å². The number of rotatable bonds is 2. The zero-order valence-electron chi connectivity index (χ0n) is 8.21. The van der Waals surface area contributed by atoms with E-state index in [9.17, 15) is 0 Å². The van der Waals surface area contributed by atoms with Crippen molar-refractivity contribution in [1.82, 2.24) is 14.9 Å². The minimum Gasteiger partial charge on any atom is -0.346 e. The fourth-order valence-electron chi connectivity index (χ4n) is 1.55. The van der Waals surface area contributed by atoms with Gasteiger partial charge < -0.3 is 9.88 Å². The van der Waals surface area contributed by atoms with E-state index in [1.165, 1.54) is 5.56 Å². The first-order valence-electron chi connectivity index (χ1n) is 4.43. The average molecular weight is 210 g/mol. The molecule has 0 radical (unpaired) electrons. The lowest BCUT2D eigenvalue weighted by Gasteiger charge is -2.08. The molecule has 14 heavy (non-hydrogen) atoms. The third-order valence-electron chi connectivity index (χ3n) is 2.09. The van der Waals surface area contributed by atoms with Crippen molar-refractivity contribution in [1.29, 1.82) is 0 Å². The molecule has 2 aromatic heterocycles. The fourth-order valence-corrected chi connectivity index (χ4v) is 1.81. The van der Waals surface area contributed by atoms with E-state index < -0.39 is 0 Å². The molecule has 74 valence electrons. The van der Waals surface area contributed by atoms with Gasteiger partial charge in [0.05, 0.1) is 5.02 Å². The Kier molecular flexibility index (Phi) is 2.44. The maximum Gasteiger partial charge on any atom is 0.139 e. The van der Waals surface area contributed by atoms with Crippen molar-refractivity contribution in [3.8, 4) is 0 Å². The second kappa shape index (κ2) is 3.59. The predicted octanol–water partition coefficient (Wildman–Crippen LogP) is 2.28. The Hall–Kier alpha value is -1.06. The van der Waals surface area contributed by atoms with Gasteiger partial charge in [-0.3, -0.25) is 0 Å². The zero-order valence-corrected chi connectivity index (χ0v) is 8.97. The summed E-state index contributed by atoms with van der Waals surface area (Å²) in [5.74, 6) is 0. The van der Waals surface area contributed by atoms with Crippen LogP contribution in [0, 0.1) is 0 Å². The summed E-state index contributed by atoms with van der Waals surface area (Å²) >= 11 is 6.11. The van der Waals surface area contributed by atoms with Crippen LogP contribution in [0.15, 0.2) is 18.5 Å². The van der Waals surface area contributed by atoms with Crippen LogP contribution < -0.4 is 0 Å². The molecule has 2 rings (SSSR count). The minimum atomic E-state index is 0.758. The Labute approximate surface area is 87.7 Å². The molecule has 4 heteroatoms. The quantitative estimate of drug-likeness (QED) is 0.823. The maximum absolute atomic E-state index is 6.11. The van der Waals surface area contributed by atoms with Crippen LogP contribution in [0.5, 0.6) is 0 Å². The van der Waals surface area contributed by atoms with Gasteiger partial charge in [0.2, 0.25) is 0 Å². The average Bonchev–Trinajstić information content (AvgIpc) is 2.49. The zero-order chi connectivity index (χ0) is 10.1. The van der Waals surface area contributed by atoms with E-state index in [0.717, 1.165) is 22.6 Å². The summed E-state index contributed by atoms with van der Waals surface area (Å²) in [4.78, 5) is 9.43. The van der Waals surface area contributed by atoms with Crippen LogP contribution in [0.2, 0.25) is 5.02 Å². The monoisotopic (exact) mass is 209 g/mol. The van der Waals surface area contributed by atoms with Crippen molar-refractivity contribution in [2.45, 2.75) is 6.54 Å². The van der Waals surface area contributed by atoms with Gasteiger partial charge in [0.1, 0.15) is 5.65 Å². The highest BCUT2D eigenvalue weighted by molar-refractivity contribution is 6.35. The molecule has 0 amide bonds. The molecule has 0 saturated heterocycles. The summed E-state index contributed by atoms with van der Waals surface area (Å²) in [5, 5.41) is 1.79. The molecule has 0 aliphatic carbocycles. The second-order valence-corrected chi connectivity index (χ2v) is 3.98. The summed E-state index contributed by atoms with van der Waals surface area (Å²) in [6.45, 7) is 0.866. The van der Waals surface area contributed by atoms with E-state index in [-0.39, 0.29) is 0 Å². The third-order valence-corrected chi connectivity index (χ3v) is 2.41. The van der Waals surface area contributed by atoms with Gasteiger partial charge in [-0.2, -0.15) is 0 Å². The smallest absolute Gasteiger partial charge is 0.139 e. The molecule has 0 aliphatic heterocycles. The van der Waals surface area contributed by atoms with Crippen LogP contribution in [0.1, 0.15) is 5.56 Å². The summed E-state index contributed by atoms with van der Waals surface area (Å²) in [5.41, 5.74) is 2.04. The van der Waals surface area contributed by atoms with Crippen LogP contribution in [0.25, 0.3) is 11.0 Å². The standard InChI is InChI=1S/C10H12ClN3/c1-14(2)6-7-5-13-10-9(7)8(11)3-4-12-10/h3-5H,6H2,1-2H3,(H,12,13). The highest BCUT2D eigenvalue weighted by Crippen LogP contribution is 2.25. The molecular formula is C10H12ClN3. The van der Waals surface area contributed by atoms with E-state index in [4.69, 9.17) is 11.6 Å². The van der Waals surface area contributed by atoms with Gasteiger partial charge >= 0.3 is 0 Å². The van der Waals surface area contributed by atoms with Gasteiger partial charge in [-0.15, -0.1) is 0 Å². The molecule has 0 saturated carbocycles. The van der Waals surface area contributed by atoms with Gasteiger partial charge in [-0.05, 0) is 25.7 Å². The second-order valence-electron chi connectivity index (χ2n) is 3.57. The first-order valence-corrected chi connectivity index (χ1v) is 4.81.